The summed E-state index contributed by atoms with van der Waals surface area (Å²) in [6.07, 6.45) is 0.381. The lowest BCUT2D eigenvalue weighted by Crippen LogP contribution is -2.08. The molecule has 2 heteroatoms. The Kier molecular flexibility index (Phi) is 2.25. The van der Waals surface area contributed by atoms with E-state index >= 15 is 0 Å². The molecule has 0 saturated carbocycles. The first-order chi connectivity index (χ1) is 8.93. The minimum absolute atomic E-state index is 0.0709. The second-order valence-corrected chi connectivity index (χ2v) is 4.84. The Morgan fingerprint density at radius 1 is 0.944 bits per heavy atom. The second kappa shape index (κ2) is 3.94. The van der Waals surface area contributed by atoms with Gasteiger partial charge >= 0.3 is 0 Å². The fraction of sp³-hybridized carbons (Fsp3) is 0.250. The Morgan fingerprint density at radius 2 is 1.50 bits per heavy atom. The molecular formula is C16H14O2. The van der Waals surface area contributed by atoms with Crippen molar-refractivity contribution in [3.05, 3.63) is 59.7 Å². The van der Waals surface area contributed by atoms with Crippen molar-refractivity contribution < 1.29 is 9.47 Å². The van der Waals surface area contributed by atoms with Crippen molar-refractivity contribution in [3.63, 3.8) is 0 Å². The van der Waals surface area contributed by atoms with Crippen LogP contribution < -0.4 is 0 Å². The van der Waals surface area contributed by atoms with Crippen LogP contribution in [0.3, 0.4) is 0 Å². The fourth-order valence-corrected chi connectivity index (χ4v) is 2.66. The highest BCUT2D eigenvalue weighted by Crippen LogP contribution is 2.45. The molecule has 2 aliphatic rings. The van der Waals surface area contributed by atoms with E-state index in [-0.39, 0.29) is 6.10 Å². The highest BCUT2D eigenvalue weighted by atomic mass is 16.6. The van der Waals surface area contributed by atoms with Gasteiger partial charge in [-0.2, -0.15) is 0 Å². The van der Waals surface area contributed by atoms with E-state index in [1.165, 1.54) is 22.3 Å². The summed E-state index contributed by atoms with van der Waals surface area (Å²) in [7, 11) is 0. The van der Waals surface area contributed by atoms with Crippen molar-refractivity contribution in [1.29, 1.82) is 0 Å². The Balaban J connectivity index is 1.76. The lowest BCUT2D eigenvalue weighted by molar-refractivity contribution is 0.0698. The van der Waals surface area contributed by atoms with Gasteiger partial charge in [0.25, 0.3) is 0 Å². The zero-order valence-corrected chi connectivity index (χ0v) is 10.0. The van der Waals surface area contributed by atoms with E-state index in [0.717, 1.165) is 6.61 Å². The number of epoxide rings is 1. The topological polar surface area (TPSA) is 21.8 Å². The van der Waals surface area contributed by atoms with Crippen LogP contribution in [-0.4, -0.2) is 19.3 Å². The highest BCUT2D eigenvalue weighted by molar-refractivity contribution is 5.77. The van der Waals surface area contributed by atoms with Crippen LogP contribution in [0.4, 0.5) is 0 Å². The summed E-state index contributed by atoms with van der Waals surface area (Å²) in [5.41, 5.74) is 5.16. The van der Waals surface area contributed by atoms with E-state index in [9.17, 15) is 0 Å². The minimum atomic E-state index is 0.0709. The van der Waals surface area contributed by atoms with E-state index in [1.54, 1.807) is 0 Å². The zero-order valence-electron chi connectivity index (χ0n) is 10.0. The van der Waals surface area contributed by atoms with Gasteiger partial charge in [0, 0.05) is 0 Å². The van der Waals surface area contributed by atoms with Gasteiger partial charge in [-0.1, -0.05) is 48.5 Å². The number of hydrogen-bond donors (Lipinski definition) is 0. The molecule has 0 radical (unpaired) electrons. The zero-order chi connectivity index (χ0) is 11.9. The van der Waals surface area contributed by atoms with Crippen molar-refractivity contribution in [1.82, 2.24) is 0 Å². The maximum absolute atomic E-state index is 6.05. The van der Waals surface area contributed by atoms with Crippen molar-refractivity contribution in [2.24, 2.45) is 0 Å². The van der Waals surface area contributed by atoms with Gasteiger partial charge in [0.1, 0.15) is 12.2 Å². The summed E-state index contributed by atoms with van der Waals surface area (Å²) in [4.78, 5) is 0. The van der Waals surface area contributed by atoms with Gasteiger partial charge < -0.3 is 9.47 Å². The summed E-state index contributed by atoms with van der Waals surface area (Å²) in [5.74, 6) is 0. The molecule has 4 rings (SSSR count). The molecule has 1 aliphatic heterocycles. The molecule has 0 amide bonds. The largest absolute Gasteiger partial charge is 0.371 e. The first-order valence-corrected chi connectivity index (χ1v) is 6.35. The first kappa shape index (κ1) is 10.3. The van der Waals surface area contributed by atoms with Crippen molar-refractivity contribution >= 4 is 0 Å². The Hall–Kier alpha value is -1.64. The first-order valence-electron chi connectivity index (χ1n) is 6.35. The van der Waals surface area contributed by atoms with E-state index in [1.807, 2.05) is 0 Å². The van der Waals surface area contributed by atoms with E-state index in [0.29, 0.717) is 12.7 Å². The molecule has 2 aromatic rings. The number of hydrogen-bond acceptors (Lipinski definition) is 2. The SMILES string of the molecule is c1ccc2c(c1)-c1ccccc1C2OCC1CO1. The van der Waals surface area contributed by atoms with Crippen LogP contribution in [0.5, 0.6) is 0 Å². The summed E-state index contributed by atoms with van der Waals surface area (Å²) in [6.45, 7) is 1.53. The van der Waals surface area contributed by atoms with E-state index < -0.39 is 0 Å². The molecule has 1 aliphatic carbocycles. The molecule has 1 atom stereocenters. The maximum Gasteiger partial charge on any atom is 0.109 e. The maximum atomic E-state index is 6.05. The van der Waals surface area contributed by atoms with Crippen molar-refractivity contribution in [3.8, 4) is 11.1 Å². The van der Waals surface area contributed by atoms with Crippen LogP contribution in [0.25, 0.3) is 11.1 Å². The number of fused-ring (bicyclic) bond motifs is 3. The van der Waals surface area contributed by atoms with Crippen LogP contribution in [0.2, 0.25) is 0 Å². The molecule has 18 heavy (non-hydrogen) atoms. The lowest BCUT2D eigenvalue weighted by Gasteiger charge is -2.13. The lowest BCUT2D eigenvalue weighted by atomic mass is 10.1. The average Bonchev–Trinajstić information content (AvgIpc) is 3.20. The third kappa shape index (κ3) is 1.57. The van der Waals surface area contributed by atoms with E-state index in [4.69, 9.17) is 9.47 Å². The number of benzene rings is 2. The molecule has 2 aromatic carbocycles. The molecule has 0 spiro atoms. The highest BCUT2D eigenvalue weighted by Gasteiger charge is 2.31. The van der Waals surface area contributed by atoms with Crippen LogP contribution in [0.1, 0.15) is 17.2 Å². The normalized spacial score (nSPS) is 20.6. The Morgan fingerprint density at radius 3 is 2.06 bits per heavy atom. The summed E-state index contributed by atoms with van der Waals surface area (Å²) >= 11 is 0. The quantitative estimate of drug-likeness (QED) is 0.766. The van der Waals surface area contributed by atoms with Gasteiger partial charge in [-0.05, 0) is 22.3 Å². The average molecular weight is 238 g/mol. The molecule has 0 bridgehead atoms. The van der Waals surface area contributed by atoms with Gasteiger partial charge in [-0.25, -0.2) is 0 Å². The summed E-state index contributed by atoms with van der Waals surface area (Å²) in [5, 5.41) is 0. The Labute approximate surface area is 106 Å². The van der Waals surface area contributed by atoms with Gasteiger partial charge in [0.15, 0.2) is 0 Å². The molecule has 0 N–H and O–H groups in total. The minimum Gasteiger partial charge on any atom is -0.371 e. The summed E-state index contributed by atoms with van der Waals surface area (Å²) in [6, 6.07) is 17.0. The van der Waals surface area contributed by atoms with Crippen molar-refractivity contribution in [2.45, 2.75) is 12.2 Å². The van der Waals surface area contributed by atoms with Crippen molar-refractivity contribution in [2.75, 3.05) is 13.2 Å². The molecule has 0 aromatic heterocycles. The number of ether oxygens (including phenoxy) is 2. The summed E-state index contributed by atoms with van der Waals surface area (Å²) < 4.78 is 11.3. The fourth-order valence-electron chi connectivity index (χ4n) is 2.66. The van der Waals surface area contributed by atoms with Gasteiger partial charge in [-0.3, -0.25) is 0 Å². The standard InChI is InChI=1S/C16H14O2/c1-3-7-14-12(5-1)13-6-2-4-8-15(13)16(14)18-10-11-9-17-11/h1-8,11,16H,9-10H2. The third-order valence-electron chi connectivity index (χ3n) is 3.63. The van der Waals surface area contributed by atoms with Gasteiger partial charge in [0.2, 0.25) is 0 Å². The monoisotopic (exact) mass is 238 g/mol. The smallest absolute Gasteiger partial charge is 0.109 e. The molecule has 90 valence electrons. The predicted molar refractivity (Wildman–Crippen MR) is 69.4 cm³/mol. The van der Waals surface area contributed by atoms with Gasteiger partial charge in [-0.15, -0.1) is 0 Å². The molecule has 1 fully saturated rings. The predicted octanol–water partition coefficient (Wildman–Crippen LogP) is 3.17. The molecule has 1 saturated heterocycles. The molecular weight excluding hydrogens is 224 g/mol. The van der Waals surface area contributed by atoms with Crippen LogP contribution in [-0.2, 0) is 9.47 Å². The van der Waals surface area contributed by atoms with Crippen LogP contribution in [0, 0.1) is 0 Å². The molecule has 2 nitrogen and oxygen atoms in total. The number of rotatable bonds is 3. The van der Waals surface area contributed by atoms with Crippen LogP contribution >= 0.6 is 0 Å². The molecule has 1 unspecified atom stereocenters. The molecule has 1 heterocycles. The van der Waals surface area contributed by atoms with Crippen LogP contribution in [0.15, 0.2) is 48.5 Å². The van der Waals surface area contributed by atoms with Gasteiger partial charge in [0.05, 0.1) is 13.2 Å². The third-order valence-corrected chi connectivity index (χ3v) is 3.63. The Bertz CT molecular complexity index is 542. The second-order valence-electron chi connectivity index (χ2n) is 4.84. The van der Waals surface area contributed by atoms with E-state index in [2.05, 4.69) is 48.5 Å².